The molecule has 1 aromatic heterocycles. The summed E-state index contributed by atoms with van der Waals surface area (Å²) in [6.45, 7) is 7.71. The zero-order valence-corrected chi connectivity index (χ0v) is 16.8. The van der Waals surface area contributed by atoms with Crippen molar-refractivity contribution in [3.63, 3.8) is 0 Å². The minimum atomic E-state index is -3.07. The molecular weight excluding hydrogens is 364 g/mol. The molecule has 1 N–H and O–H groups in total. The van der Waals surface area contributed by atoms with E-state index >= 15 is 0 Å². The Morgan fingerprint density at radius 3 is 2.63 bits per heavy atom. The van der Waals surface area contributed by atoms with Crippen molar-refractivity contribution in [3.05, 3.63) is 42.5 Å². The first-order chi connectivity index (χ1) is 12.8. The van der Waals surface area contributed by atoms with Crippen LogP contribution >= 0.6 is 0 Å². The van der Waals surface area contributed by atoms with Crippen LogP contribution in [0.1, 0.15) is 26.3 Å². The van der Waals surface area contributed by atoms with Crippen LogP contribution in [-0.4, -0.2) is 64.2 Å². The normalized spacial score (nSPS) is 19.1. The van der Waals surface area contributed by atoms with Crippen molar-refractivity contribution in [1.82, 2.24) is 25.0 Å². The Bertz CT molecular complexity index is 888. The van der Waals surface area contributed by atoms with E-state index in [2.05, 4.69) is 15.4 Å². The number of benzene rings is 1. The summed E-state index contributed by atoms with van der Waals surface area (Å²) in [7, 11) is -3.07. The van der Waals surface area contributed by atoms with Crippen LogP contribution in [0.15, 0.2) is 41.9 Å². The summed E-state index contributed by atoms with van der Waals surface area (Å²) in [5.41, 5.74) is 2.01. The number of nitrogens with zero attached hydrogens (tertiary/aromatic N) is 5. The van der Waals surface area contributed by atoms with Gasteiger partial charge in [0.25, 0.3) is 0 Å². The first-order valence-electron chi connectivity index (χ1n) is 9.02. The van der Waals surface area contributed by atoms with Crippen LogP contribution in [0.2, 0.25) is 0 Å². The van der Waals surface area contributed by atoms with E-state index in [1.54, 1.807) is 24.9 Å². The van der Waals surface area contributed by atoms with Gasteiger partial charge in [0, 0.05) is 19.6 Å². The highest BCUT2D eigenvalue weighted by atomic mass is 32.2. The Hall–Kier alpha value is -2.42. The SMILES string of the molecule is CCNC(=NCc1ccc(-n2cncn2)cc1)N1CCS(=O)(=O)C(C)(C)C1. The van der Waals surface area contributed by atoms with Gasteiger partial charge in [0.05, 0.1) is 22.7 Å². The van der Waals surface area contributed by atoms with Gasteiger partial charge in [-0.25, -0.2) is 23.1 Å². The lowest BCUT2D eigenvalue weighted by atomic mass is 10.2. The molecule has 1 aromatic carbocycles. The summed E-state index contributed by atoms with van der Waals surface area (Å²) in [4.78, 5) is 10.7. The number of nitrogens with one attached hydrogen (secondary N) is 1. The molecule has 0 spiro atoms. The number of hydrogen-bond acceptors (Lipinski definition) is 5. The van der Waals surface area contributed by atoms with Crippen molar-refractivity contribution in [3.8, 4) is 5.69 Å². The van der Waals surface area contributed by atoms with Crippen molar-refractivity contribution in [1.29, 1.82) is 0 Å². The molecule has 0 bridgehead atoms. The molecule has 0 aliphatic carbocycles. The summed E-state index contributed by atoms with van der Waals surface area (Å²) in [6.07, 6.45) is 3.16. The van der Waals surface area contributed by atoms with E-state index in [-0.39, 0.29) is 5.75 Å². The number of rotatable bonds is 4. The van der Waals surface area contributed by atoms with Crippen LogP contribution in [0.3, 0.4) is 0 Å². The van der Waals surface area contributed by atoms with Crippen molar-refractivity contribution >= 4 is 15.8 Å². The van der Waals surface area contributed by atoms with E-state index in [4.69, 9.17) is 4.99 Å². The van der Waals surface area contributed by atoms with Gasteiger partial charge in [0.15, 0.2) is 15.8 Å². The average Bonchev–Trinajstić information content (AvgIpc) is 3.16. The van der Waals surface area contributed by atoms with Gasteiger partial charge in [-0.3, -0.25) is 0 Å². The van der Waals surface area contributed by atoms with Gasteiger partial charge in [0.1, 0.15) is 12.7 Å². The maximum absolute atomic E-state index is 12.2. The molecule has 2 aromatic rings. The molecule has 0 radical (unpaired) electrons. The molecule has 146 valence electrons. The third-order valence-corrected chi connectivity index (χ3v) is 7.24. The maximum atomic E-state index is 12.2. The fourth-order valence-corrected chi connectivity index (χ4v) is 4.38. The third kappa shape index (κ3) is 4.29. The van der Waals surface area contributed by atoms with Gasteiger partial charge in [-0.2, -0.15) is 5.10 Å². The maximum Gasteiger partial charge on any atom is 0.194 e. The second-order valence-electron chi connectivity index (χ2n) is 7.18. The van der Waals surface area contributed by atoms with Crippen LogP contribution in [0.5, 0.6) is 0 Å². The first kappa shape index (κ1) is 19.3. The molecule has 9 heteroatoms. The first-order valence-corrected chi connectivity index (χ1v) is 10.7. The third-order valence-electron chi connectivity index (χ3n) is 4.71. The Morgan fingerprint density at radius 1 is 1.30 bits per heavy atom. The molecule has 1 aliphatic heterocycles. The Kier molecular flexibility index (Phi) is 5.50. The van der Waals surface area contributed by atoms with Crippen LogP contribution in [0.4, 0.5) is 0 Å². The molecule has 27 heavy (non-hydrogen) atoms. The van der Waals surface area contributed by atoms with Crippen LogP contribution in [0.25, 0.3) is 5.69 Å². The molecular formula is C18H26N6O2S. The molecule has 0 unspecified atom stereocenters. The number of aromatic nitrogens is 3. The van der Waals surface area contributed by atoms with E-state index in [9.17, 15) is 8.42 Å². The highest BCUT2D eigenvalue weighted by Gasteiger charge is 2.40. The molecule has 1 saturated heterocycles. The smallest absolute Gasteiger partial charge is 0.194 e. The standard InChI is InChI=1S/C18H26N6O2S/c1-4-20-17(23-9-10-27(25,26)18(2,3)12-23)21-11-15-5-7-16(8-6-15)24-14-19-13-22-24/h5-8,13-14H,4,9-12H2,1-3H3,(H,20,21). The monoisotopic (exact) mass is 390 g/mol. The van der Waals surface area contributed by atoms with Gasteiger partial charge >= 0.3 is 0 Å². The number of sulfone groups is 1. The minimum Gasteiger partial charge on any atom is -0.357 e. The number of hydrogen-bond donors (Lipinski definition) is 1. The summed E-state index contributed by atoms with van der Waals surface area (Å²) < 4.78 is 25.4. The Balaban J connectivity index is 1.72. The molecule has 0 atom stereocenters. The molecule has 1 aliphatic rings. The summed E-state index contributed by atoms with van der Waals surface area (Å²) >= 11 is 0. The second-order valence-corrected chi connectivity index (χ2v) is 9.92. The highest BCUT2D eigenvalue weighted by Crippen LogP contribution is 2.23. The summed E-state index contributed by atoms with van der Waals surface area (Å²) in [6, 6.07) is 7.97. The van der Waals surface area contributed by atoms with Crippen LogP contribution in [-0.2, 0) is 16.4 Å². The lowest BCUT2D eigenvalue weighted by Gasteiger charge is -2.39. The molecule has 2 heterocycles. The molecule has 1 fully saturated rings. The summed E-state index contributed by atoms with van der Waals surface area (Å²) in [5.74, 6) is 0.901. The van der Waals surface area contributed by atoms with Crippen molar-refractivity contribution < 1.29 is 8.42 Å². The Labute approximate surface area is 160 Å². The van der Waals surface area contributed by atoms with Gasteiger partial charge < -0.3 is 10.2 Å². The predicted molar refractivity (Wildman–Crippen MR) is 106 cm³/mol. The van der Waals surface area contributed by atoms with Crippen LogP contribution < -0.4 is 5.32 Å². The van der Waals surface area contributed by atoms with E-state index in [1.807, 2.05) is 36.1 Å². The van der Waals surface area contributed by atoms with Crippen molar-refractivity contribution in [2.45, 2.75) is 32.1 Å². The molecule has 3 rings (SSSR count). The quantitative estimate of drug-likeness (QED) is 0.624. The molecule has 0 amide bonds. The lowest BCUT2D eigenvalue weighted by molar-refractivity contribution is 0.353. The molecule has 8 nitrogen and oxygen atoms in total. The second kappa shape index (κ2) is 7.67. The van der Waals surface area contributed by atoms with Crippen molar-refractivity contribution in [2.24, 2.45) is 4.99 Å². The van der Waals surface area contributed by atoms with Gasteiger partial charge in [-0.15, -0.1) is 0 Å². The van der Waals surface area contributed by atoms with E-state index in [0.717, 1.165) is 23.8 Å². The Morgan fingerprint density at radius 2 is 2.04 bits per heavy atom. The van der Waals surface area contributed by atoms with Gasteiger partial charge in [0.2, 0.25) is 0 Å². The number of guanidine groups is 1. The number of aliphatic imine (C=N–C) groups is 1. The van der Waals surface area contributed by atoms with Gasteiger partial charge in [-0.1, -0.05) is 12.1 Å². The molecule has 0 saturated carbocycles. The predicted octanol–water partition coefficient (Wildman–Crippen LogP) is 1.24. The van der Waals surface area contributed by atoms with E-state index in [0.29, 0.717) is 19.6 Å². The topological polar surface area (TPSA) is 92.5 Å². The average molecular weight is 391 g/mol. The largest absolute Gasteiger partial charge is 0.357 e. The fourth-order valence-electron chi connectivity index (χ4n) is 3.01. The minimum absolute atomic E-state index is 0.150. The fraction of sp³-hybridized carbons (Fsp3) is 0.500. The van der Waals surface area contributed by atoms with Crippen molar-refractivity contribution in [2.75, 3.05) is 25.4 Å². The van der Waals surface area contributed by atoms with Gasteiger partial charge in [-0.05, 0) is 38.5 Å². The zero-order valence-electron chi connectivity index (χ0n) is 16.0. The van der Waals surface area contributed by atoms with E-state index in [1.165, 1.54) is 6.33 Å². The lowest BCUT2D eigenvalue weighted by Crippen LogP contribution is -2.57. The van der Waals surface area contributed by atoms with E-state index < -0.39 is 14.6 Å². The zero-order chi connectivity index (χ0) is 19.5. The summed E-state index contributed by atoms with van der Waals surface area (Å²) in [5, 5.41) is 7.39. The highest BCUT2D eigenvalue weighted by molar-refractivity contribution is 7.92. The van der Waals surface area contributed by atoms with Crippen LogP contribution in [0, 0.1) is 0 Å².